The molecule has 0 aliphatic carbocycles. The van der Waals surface area contributed by atoms with E-state index in [4.69, 9.17) is 10.00 Å². The van der Waals surface area contributed by atoms with Crippen LogP contribution in [0.3, 0.4) is 0 Å². The van der Waals surface area contributed by atoms with Gasteiger partial charge in [0.05, 0.1) is 6.07 Å². The van der Waals surface area contributed by atoms with Gasteiger partial charge in [0, 0.05) is 19.5 Å². The quantitative estimate of drug-likeness (QED) is 0.587. The second-order valence-corrected chi connectivity index (χ2v) is 5.10. The molecule has 0 aromatic carbocycles. The summed E-state index contributed by atoms with van der Waals surface area (Å²) in [6, 6.07) is 1.95. The van der Waals surface area contributed by atoms with Crippen molar-refractivity contribution in [3.63, 3.8) is 0 Å². The van der Waals surface area contributed by atoms with Crippen LogP contribution in [0.25, 0.3) is 0 Å². The molecular formula is C13H23N3O3. The van der Waals surface area contributed by atoms with Crippen LogP contribution < -0.4 is 5.32 Å². The molecule has 0 rings (SSSR count). The van der Waals surface area contributed by atoms with E-state index in [1.54, 1.807) is 20.8 Å². The van der Waals surface area contributed by atoms with Crippen molar-refractivity contribution in [2.45, 2.75) is 46.1 Å². The van der Waals surface area contributed by atoms with Crippen LogP contribution >= 0.6 is 0 Å². The van der Waals surface area contributed by atoms with Crippen LogP contribution in [0, 0.1) is 11.3 Å². The zero-order valence-corrected chi connectivity index (χ0v) is 12.2. The van der Waals surface area contributed by atoms with Crippen molar-refractivity contribution < 1.29 is 14.3 Å². The molecule has 0 saturated heterocycles. The smallest absolute Gasteiger partial charge is 0.407 e. The number of hydrogen-bond acceptors (Lipinski definition) is 4. The summed E-state index contributed by atoms with van der Waals surface area (Å²) in [6.45, 7) is 8.20. The summed E-state index contributed by atoms with van der Waals surface area (Å²) in [5, 5.41) is 11.1. The third-order valence-corrected chi connectivity index (χ3v) is 2.23. The molecule has 0 saturated carbocycles. The topological polar surface area (TPSA) is 82.4 Å². The molecule has 0 fully saturated rings. The normalized spacial score (nSPS) is 10.5. The predicted molar refractivity (Wildman–Crippen MR) is 71.3 cm³/mol. The molecule has 108 valence electrons. The first-order valence-corrected chi connectivity index (χ1v) is 6.41. The minimum atomic E-state index is -0.522. The highest BCUT2D eigenvalue weighted by molar-refractivity contribution is 5.76. The Morgan fingerprint density at radius 2 is 2.00 bits per heavy atom. The lowest BCUT2D eigenvalue weighted by atomic mass is 10.2. The third kappa shape index (κ3) is 8.89. The van der Waals surface area contributed by atoms with Gasteiger partial charge in [-0.15, -0.1) is 0 Å². The van der Waals surface area contributed by atoms with E-state index in [0.29, 0.717) is 25.9 Å². The molecule has 1 N–H and O–H groups in total. The molecule has 0 bridgehead atoms. The molecular weight excluding hydrogens is 246 g/mol. The SMILES string of the molecule is CCN(CC#N)C(=O)CCCNC(=O)OC(C)(C)C. The number of carbonyl (C=O) groups excluding carboxylic acids is 2. The molecule has 2 amide bonds. The standard InChI is InChI=1S/C13H23N3O3/c1-5-16(10-8-14)11(17)7-6-9-15-12(18)19-13(2,3)4/h5-7,9-10H2,1-4H3,(H,15,18). The molecule has 0 spiro atoms. The summed E-state index contributed by atoms with van der Waals surface area (Å²) in [4.78, 5) is 24.5. The van der Waals surface area contributed by atoms with Gasteiger partial charge in [0.1, 0.15) is 12.1 Å². The second kappa shape index (κ2) is 8.35. The minimum Gasteiger partial charge on any atom is -0.444 e. The second-order valence-electron chi connectivity index (χ2n) is 5.10. The zero-order valence-electron chi connectivity index (χ0n) is 12.2. The van der Waals surface area contributed by atoms with E-state index in [2.05, 4.69) is 5.32 Å². The third-order valence-electron chi connectivity index (χ3n) is 2.23. The summed E-state index contributed by atoms with van der Waals surface area (Å²) >= 11 is 0. The minimum absolute atomic E-state index is 0.0740. The molecule has 0 aliphatic heterocycles. The van der Waals surface area contributed by atoms with Gasteiger partial charge in [-0.3, -0.25) is 4.79 Å². The highest BCUT2D eigenvalue weighted by Crippen LogP contribution is 2.06. The first-order chi connectivity index (χ1) is 8.80. The summed E-state index contributed by atoms with van der Waals surface area (Å²) < 4.78 is 5.06. The average Bonchev–Trinajstić information content (AvgIpc) is 2.29. The lowest BCUT2D eigenvalue weighted by Crippen LogP contribution is -2.34. The summed E-state index contributed by atoms with van der Waals surface area (Å²) in [5.74, 6) is -0.0740. The molecule has 0 aromatic rings. The maximum Gasteiger partial charge on any atom is 0.407 e. The first kappa shape index (κ1) is 17.2. The van der Waals surface area contributed by atoms with Crippen LogP contribution in [0.5, 0.6) is 0 Å². The molecule has 19 heavy (non-hydrogen) atoms. The van der Waals surface area contributed by atoms with Crippen molar-refractivity contribution in [2.75, 3.05) is 19.6 Å². The van der Waals surface area contributed by atoms with Crippen LogP contribution in [0.2, 0.25) is 0 Å². The fraction of sp³-hybridized carbons (Fsp3) is 0.769. The van der Waals surface area contributed by atoms with Gasteiger partial charge in [-0.1, -0.05) is 0 Å². The molecule has 0 aliphatic rings. The molecule has 6 nitrogen and oxygen atoms in total. The number of alkyl carbamates (subject to hydrolysis) is 1. The fourth-order valence-electron chi connectivity index (χ4n) is 1.36. The van der Waals surface area contributed by atoms with E-state index in [0.717, 1.165) is 0 Å². The summed E-state index contributed by atoms with van der Waals surface area (Å²) in [7, 11) is 0. The van der Waals surface area contributed by atoms with E-state index < -0.39 is 11.7 Å². The number of nitrogens with one attached hydrogen (secondary N) is 1. The Hall–Kier alpha value is -1.77. The van der Waals surface area contributed by atoms with Crippen LogP contribution in [0.15, 0.2) is 0 Å². The molecule has 0 radical (unpaired) electrons. The summed E-state index contributed by atoms with van der Waals surface area (Å²) in [6.07, 6.45) is 0.357. The number of nitriles is 1. The molecule has 0 aromatic heterocycles. The highest BCUT2D eigenvalue weighted by Gasteiger charge is 2.16. The van der Waals surface area contributed by atoms with E-state index >= 15 is 0 Å². The maximum absolute atomic E-state index is 11.7. The van der Waals surface area contributed by atoms with Crippen molar-refractivity contribution in [1.29, 1.82) is 5.26 Å². The maximum atomic E-state index is 11.7. The van der Waals surface area contributed by atoms with Gasteiger partial charge < -0.3 is 15.0 Å². The molecule has 6 heteroatoms. The highest BCUT2D eigenvalue weighted by atomic mass is 16.6. The molecule has 0 atom stereocenters. The van der Waals surface area contributed by atoms with Gasteiger partial charge in [-0.2, -0.15) is 5.26 Å². The number of hydrogen-bond donors (Lipinski definition) is 1. The van der Waals surface area contributed by atoms with Gasteiger partial charge in [0.15, 0.2) is 0 Å². The van der Waals surface area contributed by atoms with Crippen molar-refractivity contribution in [2.24, 2.45) is 0 Å². The van der Waals surface area contributed by atoms with Crippen molar-refractivity contribution in [1.82, 2.24) is 10.2 Å². The Balaban J connectivity index is 3.83. The Morgan fingerprint density at radius 1 is 1.37 bits per heavy atom. The van der Waals surface area contributed by atoms with Crippen LogP contribution in [-0.2, 0) is 9.53 Å². The lowest BCUT2D eigenvalue weighted by Gasteiger charge is -2.20. The number of rotatable bonds is 6. The van der Waals surface area contributed by atoms with E-state index in [1.807, 2.05) is 13.0 Å². The van der Waals surface area contributed by atoms with Gasteiger partial charge in [0.2, 0.25) is 5.91 Å². The lowest BCUT2D eigenvalue weighted by molar-refractivity contribution is -0.130. The van der Waals surface area contributed by atoms with Crippen LogP contribution in [0.4, 0.5) is 4.79 Å². The van der Waals surface area contributed by atoms with Gasteiger partial charge in [-0.05, 0) is 34.1 Å². The first-order valence-electron chi connectivity index (χ1n) is 6.41. The van der Waals surface area contributed by atoms with Gasteiger partial charge in [0.25, 0.3) is 0 Å². The van der Waals surface area contributed by atoms with E-state index in [1.165, 1.54) is 4.90 Å². The average molecular weight is 269 g/mol. The van der Waals surface area contributed by atoms with Crippen molar-refractivity contribution >= 4 is 12.0 Å². The van der Waals surface area contributed by atoms with Crippen molar-refractivity contribution in [3.05, 3.63) is 0 Å². The van der Waals surface area contributed by atoms with Crippen LogP contribution in [0.1, 0.15) is 40.5 Å². The molecule has 0 heterocycles. The molecule has 0 unspecified atom stereocenters. The van der Waals surface area contributed by atoms with Gasteiger partial charge >= 0.3 is 6.09 Å². The summed E-state index contributed by atoms with van der Waals surface area (Å²) in [5.41, 5.74) is -0.522. The van der Waals surface area contributed by atoms with E-state index in [-0.39, 0.29) is 12.5 Å². The fourth-order valence-corrected chi connectivity index (χ4v) is 1.36. The largest absolute Gasteiger partial charge is 0.444 e. The number of ether oxygens (including phenoxy) is 1. The zero-order chi connectivity index (χ0) is 14.9. The Labute approximate surface area is 114 Å². The van der Waals surface area contributed by atoms with Crippen molar-refractivity contribution in [3.8, 4) is 6.07 Å². The Morgan fingerprint density at radius 3 is 2.47 bits per heavy atom. The monoisotopic (exact) mass is 269 g/mol. The predicted octanol–water partition coefficient (Wildman–Crippen LogP) is 1.66. The van der Waals surface area contributed by atoms with Crippen LogP contribution in [-0.4, -0.2) is 42.1 Å². The van der Waals surface area contributed by atoms with Gasteiger partial charge in [-0.25, -0.2) is 4.79 Å². The van der Waals surface area contributed by atoms with E-state index in [9.17, 15) is 9.59 Å². The Bertz CT molecular complexity index is 342. The number of carbonyl (C=O) groups is 2. The number of nitrogens with zero attached hydrogens (tertiary/aromatic N) is 2. The number of amides is 2. The Kier molecular flexibility index (Phi) is 7.57.